The Morgan fingerprint density at radius 3 is 2.00 bits per heavy atom. The van der Waals surface area contributed by atoms with Crippen molar-refractivity contribution in [3.8, 4) is 11.5 Å². The summed E-state index contributed by atoms with van der Waals surface area (Å²) in [6.07, 6.45) is 0. The molecule has 6 nitrogen and oxygen atoms in total. The fraction of sp³-hybridized carbons (Fsp3) is 0. The van der Waals surface area contributed by atoms with Gasteiger partial charge in [0.1, 0.15) is 11.3 Å². The van der Waals surface area contributed by atoms with Gasteiger partial charge >= 0.3 is 11.9 Å². The van der Waals surface area contributed by atoms with Crippen LogP contribution in [0, 0.1) is 0 Å². The Kier molecular flexibility index (Phi) is 2.29. The molecule has 0 aromatic heterocycles. The lowest BCUT2D eigenvalue weighted by Crippen LogP contribution is -2.07. The third-order valence-corrected chi connectivity index (χ3v) is 1.56. The van der Waals surface area contributed by atoms with Crippen molar-refractivity contribution < 1.29 is 30.0 Å². The van der Waals surface area contributed by atoms with Crippen LogP contribution in [0.5, 0.6) is 11.5 Å². The molecular weight excluding hydrogens is 192 g/mol. The Labute approximate surface area is 77.7 Å². The van der Waals surface area contributed by atoms with Crippen LogP contribution in [0.1, 0.15) is 20.7 Å². The van der Waals surface area contributed by atoms with Crippen LogP contribution in [0.2, 0.25) is 0 Å². The minimum atomic E-state index is -1.53. The van der Waals surface area contributed by atoms with E-state index in [4.69, 9.17) is 15.3 Å². The van der Waals surface area contributed by atoms with Gasteiger partial charge in [0, 0.05) is 0 Å². The van der Waals surface area contributed by atoms with E-state index in [1.807, 2.05) is 0 Å². The van der Waals surface area contributed by atoms with Gasteiger partial charge in [0.2, 0.25) is 0 Å². The highest BCUT2D eigenvalue weighted by Crippen LogP contribution is 2.25. The van der Waals surface area contributed by atoms with Crippen LogP contribution in [0.4, 0.5) is 0 Å². The van der Waals surface area contributed by atoms with Crippen molar-refractivity contribution in [3.05, 3.63) is 23.3 Å². The van der Waals surface area contributed by atoms with E-state index in [1.165, 1.54) is 0 Å². The van der Waals surface area contributed by atoms with Crippen LogP contribution in [0.15, 0.2) is 12.1 Å². The zero-order chi connectivity index (χ0) is 10.9. The second-order valence-corrected chi connectivity index (χ2v) is 2.48. The zero-order valence-electron chi connectivity index (χ0n) is 6.72. The first-order valence-corrected chi connectivity index (χ1v) is 3.44. The number of benzene rings is 1. The van der Waals surface area contributed by atoms with Gasteiger partial charge in [-0.05, 0) is 12.1 Å². The lowest BCUT2D eigenvalue weighted by atomic mass is 10.1. The highest BCUT2D eigenvalue weighted by atomic mass is 16.4. The van der Waals surface area contributed by atoms with Crippen molar-refractivity contribution in [3.63, 3.8) is 0 Å². The van der Waals surface area contributed by atoms with Gasteiger partial charge in [-0.2, -0.15) is 0 Å². The van der Waals surface area contributed by atoms with Crippen LogP contribution < -0.4 is 5.11 Å². The quantitative estimate of drug-likeness (QED) is 0.607. The Balaban J connectivity index is 3.42. The van der Waals surface area contributed by atoms with E-state index >= 15 is 0 Å². The molecule has 0 spiro atoms. The predicted octanol–water partition coefficient (Wildman–Crippen LogP) is -0.138. The van der Waals surface area contributed by atoms with Crippen LogP contribution >= 0.6 is 0 Å². The third-order valence-electron chi connectivity index (χ3n) is 1.56. The van der Waals surface area contributed by atoms with Crippen molar-refractivity contribution >= 4 is 11.9 Å². The molecule has 0 bridgehead atoms. The van der Waals surface area contributed by atoms with E-state index in [-0.39, 0.29) is 0 Å². The maximum Gasteiger partial charge on any atom is 0.339 e. The highest BCUT2D eigenvalue weighted by molar-refractivity contribution is 5.97. The first-order valence-electron chi connectivity index (χ1n) is 3.44. The summed E-state index contributed by atoms with van der Waals surface area (Å²) in [6, 6.07) is 1.19. The molecule has 0 heterocycles. The van der Waals surface area contributed by atoms with E-state index in [2.05, 4.69) is 0 Å². The Morgan fingerprint density at radius 2 is 1.57 bits per heavy atom. The van der Waals surface area contributed by atoms with E-state index in [0.717, 1.165) is 0 Å². The predicted molar refractivity (Wildman–Crippen MR) is 41.5 cm³/mol. The molecule has 1 aromatic rings. The van der Waals surface area contributed by atoms with Gasteiger partial charge in [0.25, 0.3) is 0 Å². The number of rotatable bonds is 2. The summed E-state index contributed by atoms with van der Waals surface area (Å²) in [6.45, 7) is 0. The minimum Gasteiger partial charge on any atom is -0.872 e. The number of aromatic hydroxyl groups is 1. The molecule has 0 amide bonds. The van der Waals surface area contributed by atoms with Crippen LogP contribution in [0.3, 0.4) is 0 Å². The molecule has 1 rings (SSSR count). The third kappa shape index (κ3) is 1.58. The molecule has 0 unspecified atom stereocenters. The molecule has 0 aliphatic carbocycles. The second kappa shape index (κ2) is 3.25. The molecule has 0 radical (unpaired) electrons. The minimum absolute atomic E-state index is 0.562. The van der Waals surface area contributed by atoms with E-state index in [1.54, 1.807) is 0 Å². The summed E-state index contributed by atoms with van der Waals surface area (Å²) >= 11 is 0. The maximum atomic E-state index is 10.9. The largest absolute Gasteiger partial charge is 0.872 e. The van der Waals surface area contributed by atoms with Crippen LogP contribution in [0.25, 0.3) is 0 Å². The van der Waals surface area contributed by atoms with Gasteiger partial charge in [-0.1, -0.05) is 5.75 Å². The summed E-state index contributed by atoms with van der Waals surface area (Å²) in [5, 5.41) is 36.9. The molecule has 74 valence electrons. The van der Waals surface area contributed by atoms with Gasteiger partial charge < -0.3 is 20.4 Å². The monoisotopic (exact) mass is 197 g/mol. The van der Waals surface area contributed by atoms with Gasteiger partial charge in [-0.15, -0.1) is 0 Å². The molecule has 6 heteroatoms. The van der Waals surface area contributed by atoms with E-state index in [9.17, 15) is 14.7 Å². The first-order chi connectivity index (χ1) is 6.43. The Bertz CT molecular complexity index is 373. The van der Waals surface area contributed by atoms with Crippen LogP contribution in [-0.4, -0.2) is 27.3 Å². The molecule has 3 N–H and O–H groups in total. The van der Waals surface area contributed by atoms with Gasteiger partial charge in [0.15, 0.2) is 0 Å². The van der Waals surface area contributed by atoms with Crippen molar-refractivity contribution in [1.29, 1.82) is 0 Å². The number of carboxylic acid groups (broad SMARTS) is 2. The number of hydrogen-bond acceptors (Lipinski definition) is 4. The van der Waals surface area contributed by atoms with E-state index in [0.29, 0.717) is 12.1 Å². The number of aromatic carboxylic acids is 2. The van der Waals surface area contributed by atoms with Gasteiger partial charge in [0.05, 0.1) is 5.56 Å². The topological polar surface area (TPSA) is 118 Å². The fourth-order valence-corrected chi connectivity index (χ4v) is 0.908. The lowest BCUT2D eigenvalue weighted by Gasteiger charge is -2.11. The fourth-order valence-electron chi connectivity index (χ4n) is 0.908. The number of carboxylic acids is 2. The first kappa shape index (κ1) is 9.85. The maximum absolute atomic E-state index is 10.9. The second-order valence-electron chi connectivity index (χ2n) is 2.48. The summed E-state index contributed by atoms with van der Waals surface area (Å²) in [7, 11) is 0. The average Bonchev–Trinajstić information content (AvgIpc) is 2.02. The SMILES string of the molecule is O=C(O)c1cc(C(=O)O)c(O)cc1[O-]. The van der Waals surface area contributed by atoms with Gasteiger partial charge in [-0.25, -0.2) is 9.59 Å². The van der Waals surface area contributed by atoms with Crippen molar-refractivity contribution in [1.82, 2.24) is 0 Å². The smallest absolute Gasteiger partial charge is 0.339 e. The van der Waals surface area contributed by atoms with Crippen molar-refractivity contribution in [2.45, 2.75) is 0 Å². The molecule has 0 aliphatic heterocycles. The number of hydrogen-bond donors (Lipinski definition) is 3. The molecule has 14 heavy (non-hydrogen) atoms. The standard InChI is InChI=1S/C8H6O6/c9-5-2-6(10)4(8(13)14)1-3(5)7(11)12/h1-2,9-10H,(H,11,12)(H,13,14)/p-1. The van der Waals surface area contributed by atoms with Crippen molar-refractivity contribution in [2.24, 2.45) is 0 Å². The van der Waals surface area contributed by atoms with E-state index < -0.39 is 34.6 Å². The summed E-state index contributed by atoms with van der Waals surface area (Å²) in [5.41, 5.74) is -1.29. The number of phenols is 1. The zero-order valence-corrected chi connectivity index (χ0v) is 6.72. The van der Waals surface area contributed by atoms with Crippen LogP contribution in [-0.2, 0) is 0 Å². The Morgan fingerprint density at radius 1 is 1.07 bits per heavy atom. The summed E-state index contributed by atoms with van der Waals surface area (Å²) < 4.78 is 0. The van der Waals surface area contributed by atoms with Crippen molar-refractivity contribution in [2.75, 3.05) is 0 Å². The molecular formula is C8H5O6-. The molecule has 0 fully saturated rings. The molecule has 0 atom stereocenters. The normalized spacial score (nSPS) is 9.71. The Hall–Kier alpha value is -2.24. The molecule has 0 saturated carbocycles. The van der Waals surface area contributed by atoms with Gasteiger partial charge in [-0.3, -0.25) is 0 Å². The number of carbonyl (C=O) groups is 2. The summed E-state index contributed by atoms with van der Waals surface area (Å²) in [5.74, 6) is -4.70. The molecule has 0 aliphatic rings. The molecule has 0 saturated heterocycles. The summed E-state index contributed by atoms with van der Waals surface area (Å²) in [4.78, 5) is 20.9. The molecule has 1 aromatic carbocycles. The average molecular weight is 197 g/mol. The highest BCUT2D eigenvalue weighted by Gasteiger charge is 2.14. The lowest BCUT2D eigenvalue weighted by molar-refractivity contribution is -0.268.